The molecule has 6 heteroatoms. The summed E-state index contributed by atoms with van der Waals surface area (Å²) in [5.74, 6) is 1.17. The molecule has 1 aromatic rings. The summed E-state index contributed by atoms with van der Waals surface area (Å²) < 4.78 is 4.56. The number of rotatable bonds is 7. The summed E-state index contributed by atoms with van der Waals surface area (Å²) in [6, 6.07) is 9.17. The zero-order valence-electron chi connectivity index (χ0n) is 11.4. The van der Waals surface area contributed by atoms with Crippen molar-refractivity contribution in [1.82, 2.24) is 0 Å². The van der Waals surface area contributed by atoms with E-state index in [4.69, 9.17) is 11.0 Å². The van der Waals surface area contributed by atoms with Gasteiger partial charge in [-0.1, -0.05) is 12.1 Å². The first-order valence-corrected chi connectivity index (χ1v) is 7.23. The number of benzene rings is 1. The molecule has 1 atom stereocenters. The molecule has 0 unspecified atom stereocenters. The fraction of sp³-hybridized carbons (Fsp3) is 0.429. The molecule has 2 N–H and O–H groups in total. The Hall–Kier alpha value is -1.22. The molecular weight excluding hydrogens is 296 g/mol. The Morgan fingerprint density at radius 2 is 2.10 bits per heavy atom. The van der Waals surface area contributed by atoms with Crippen LogP contribution in [0, 0.1) is 11.3 Å². The third kappa shape index (κ3) is 6.80. The van der Waals surface area contributed by atoms with Crippen LogP contribution in [0.2, 0.25) is 0 Å². The molecule has 110 valence electrons. The van der Waals surface area contributed by atoms with Crippen molar-refractivity contribution >= 4 is 30.1 Å². The lowest BCUT2D eigenvalue weighted by atomic mass is 10.1. The Morgan fingerprint density at radius 1 is 1.45 bits per heavy atom. The number of ether oxygens (including phenoxy) is 1. The second kappa shape index (κ2) is 10.6. The van der Waals surface area contributed by atoms with Crippen molar-refractivity contribution in [2.24, 2.45) is 5.73 Å². The first-order chi connectivity index (χ1) is 9.17. The maximum Gasteiger partial charge on any atom is 0.323 e. The highest BCUT2D eigenvalue weighted by atomic mass is 35.5. The van der Waals surface area contributed by atoms with Gasteiger partial charge in [-0.3, -0.25) is 4.79 Å². The van der Waals surface area contributed by atoms with Crippen molar-refractivity contribution in [3.8, 4) is 6.07 Å². The number of halogens is 1. The average Bonchev–Trinajstić information content (AvgIpc) is 2.46. The predicted octanol–water partition coefficient (Wildman–Crippen LogP) is 2.15. The Labute approximate surface area is 130 Å². The third-order valence-corrected chi connectivity index (χ3v) is 3.81. The Balaban J connectivity index is 0.00000361. The Kier molecular flexibility index (Phi) is 9.91. The highest BCUT2D eigenvalue weighted by molar-refractivity contribution is 7.99. The number of nitrogens with two attached hydrogens (primary N) is 1. The smallest absolute Gasteiger partial charge is 0.323 e. The molecule has 0 aliphatic carbocycles. The highest BCUT2D eigenvalue weighted by Crippen LogP contribution is 2.10. The van der Waals surface area contributed by atoms with E-state index in [0.717, 1.165) is 18.6 Å². The van der Waals surface area contributed by atoms with Crippen molar-refractivity contribution < 1.29 is 9.53 Å². The number of esters is 1. The van der Waals surface area contributed by atoms with Gasteiger partial charge in [0.25, 0.3) is 0 Å². The molecule has 20 heavy (non-hydrogen) atoms. The van der Waals surface area contributed by atoms with Gasteiger partial charge >= 0.3 is 5.97 Å². The van der Waals surface area contributed by atoms with Gasteiger partial charge in [-0.15, -0.1) is 12.4 Å². The molecule has 0 bridgehead atoms. The van der Waals surface area contributed by atoms with Gasteiger partial charge in [0.1, 0.15) is 6.04 Å². The van der Waals surface area contributed by atoms with Gasteiger partial charge in [-0.05, 0) is 36.3 Å². The molecule has 0 radical (unpaired) electrons. The Bertz CT molecular complexity index is 445. The quantitative estimate of drug-likeness (QED) is 0.616. The van der Waals surface area contributed by atoms with E-state index < -0.39 is 6.04 Å². The molecule has 0 saturated heterocycles. The lowest BCUT2D eigenvalue weighted by molar-refractivity contribution is -0.141. The van der Waals surface area contributed by atoms with E-state index in [1.54, 1.807) is 11.8 Å². The highest BCUT2D eigenvalue weighted by Gasteiger charge is 2.12. The second-order valence-corrected chi connectivity index (χ2v) is 5.27. The molecule has 1 rings (SSSR count). The molecule has 0 fully saturated rings. The monoisotopic (exact) mass is 314 g/mol. The van der Waals surface area contributed by atoms with Crippen molar-refractivity contribution in [2.75, 3.05) is 18.6 Å². The molecule has 0 amide bonds. The van der Waals surface area contributed by atoms with E-state index in [1.807, 2.05) is 24.3 Å². The zero-order chi connectivity index (χ0) is 14.1. The third-order valence-electron chi connectivity index (χ3n) is 2.64. The number of hydrogen-bond acceptors (Lipinski definition) is 5. The summed E-state index contributed by atoms with van der Waals surface area (Å²) in [4.78, 5) is 11.1. The molecular formula is C14H19ClN2O2S. The van der Waals surface area contributed by atoms with E-state index in [9.17, 15) is 4.79 Å². The van der Waals surface area contributed by atoms with Crippen LogP contribution in [0.3, 0.4) is 0 Å². The minimum absolute atomic E-state index is 0. The molecule has 4 nitrogen and oxygen atoms in total. The second-order valence-electron chi connectivity index (χ2n) is 4.12. The van der Waals surface area contributed by atoms with Gasteiger partial charge in [-0.25, -0.2) is 0 Å². The van der Waals surface area contributed by atoms with E-state index in [2.05, 4.69) is 10.8 Å². The summed E-state index contributed by atoms with van der Waals surface area (Å²) in [5, 5.41) is 8.69. The lowest BCUT2D eigenvalue weighted by Gasteiger charge is -2.08. The van der Waals surface area contributed by atoms with E-state index >= 15 is 0 Å². The van der Waals surface area contributed by atoms with Crippen molar-refractivity contribution in [2.45, 2.75) is 18.9 Å². The van der Waals surface area contributed by atoms with Crippen LogP contribution < -0.4 is 5.73 Å². The van der Waals surface area contributed by atoms with Crippen LogP contribution in [-0.4, -0.2) is 30.6 Å². The number of aryl methyl sites for hydroxylation is 1. The first kappa shape index (κ1) is 18.8. The van der Waals surface area contributed by atoms with Crippen LogP contribution in [0.15, 0.2) is 24.3 Å². The van der Waals surface area contributed by atoms with Gasteiger partial charge in [0.05, 0.1) is 18.7 Å². The number of thioether (sulfide) groups is 1. The number of methoxy groups -OCH3 is 1. The maximum absolute atomic E-state index is 11.1. The summed E-state index contributed by atoms with van der Waals surface area (Å²) in [7, 11) is 1.34. The minimum atomic E-state index is -0.537. The summed E-state index contributed by atoms with van der Waals surface area (Å²) in [6.45, 7) is 0. The fourth-order valence-electron chi connectivity index (χ4n) is 1.55. The van der Waals surface area contributed by atoms with Gasteiger partial charge < -0.3 is 10.5 Å². The minimum Gasteiger partial charge on any atom is -0.468 e. The van der Waals surface area contributed by atoms with E-state index in [-0.39, 0.29) is 18.4 Å². The lowest BCUT2D eigenvalue weighted by Crippen LogP contribution is -2.33. The average molecular weight is 315 g/mol. The van der Waals surface area contributed by atoms with E-state index in [0.29, 0.717) is 11.3 Å². The molecule has 0 aromatic heterocycles. The number of nitrogens with zero attached hydrogens (tertiary/aromatic N) is 1. The van der Waals surface area contributed by atoms with Gasteiger partial charge in [0.15, 0.2) is 0 Å². The van der Waals surface area contributed by atoms with E-state index in [1.165, 1.54) is 12.7 Å². The Morgan fingerprint density at radius 3 is 2.65 bits per heavy atom. The summed E-state index contributed by atoms with van der Waals surface area (Å²) in [6.07, 6.45) is 1.98. The SMILES string of the molecule is COC(=O)[C@H](N)CSCCCc1ccc(C#N)cc1.Cl. The van der Waals surface area contributed by atoms with Crippen LogP contribution in [0.4, 0.5) is 0 Å². The number of hydrogen-bond donors (Lipinski definition) is 1. The predicted molar refractivity (Wildman–Crippen MR) is 84.0 cm³/mol. The van der Waals surface area contributed by atoms with Crippen LogP contribution in [0.5, 0.6) is 0 Å². The largest absolute Gasteiger partial charge is 0.468 e. The summed E-state index contributed by atoms with van der Waals surface area (Å²) in [5.41, 5.74) is 7.53. The molecule has 0 saturated carbocycles. The van der Waals surface area contributed by atoms with Gasteiger partial charge in [-0.2, -0.15) is 17.0 Å². The van der Waals surface area contributed by atoms with Crippen molar-refractivity contribution in [3.05, 3.63) is 35.4 Å². The van der Waals surface area contributed by atoms with Crippen molar-refractivity contribution in [3.63, 3.8) is 0 Å². The molecule has 0 spiro atoms. The fourth-order valence-corrected chi connectivity index (χ4v) is 2.46. The molecule has 0 aliphatic heterocycles. The molecule has 0 heterocycles. The number of nitriles is 1. The summed E-state index contributed by atoms with van der Waals surface area (Å²) >= 11 is 1.65. The number of carbonyl (C=O) groups excluding carboxylic acids is 1. The first-order valence-electron chi connectivity index (χ1n) is 6.07. The zero-order valence-corrected chi connectivity index (χ0v) is 13.0. The normalized spacial score (nSPS) is 11.1. The standard InChI is InChI=1S/C14H18N2O2S.ClH/c1-18-14(17)13(16)10-19-8-2-3-11-4-6-12(9-15)7-5-11;/h4-7,13H,2-3,8,10,16H2,1H3;1H/t13-;/m1./s1. The van der Waals surface area contributed by atoms with Crippen LogP contribution in [0.25, 0.3) is 0 Å². The van der Waals surface area contributed by atoms with Gasteiger partial charge in [0, 0.05) is 5.75 Å². The van der Waals surface area contributed by atoms with Crippen molar-refractivity contribution in [1.29, 1.82) is 5.26 Å². The number of carbonyl (C=O) groups is 1. The van der Waals surface area contributed by atoms with Crippen LogP contribution >= 0.6 is 24.2 Å². The molecule has 0 aliphatic rings. The maximum atomic E-state index is 11.1. The molecule has 1 aromatic carbocycles. The topological polar surface area (TPSA) is 76.1 Å². The van der Waals surface area contributed by atoms with Crippen LogP contribution in [0.1, 0.15) is 17.5 Å². The van der Waals surface area contributed by atoms with Gasteiger partial charge in [0.2, 0.25) is 0 Å². The van der Waals surface area contributed by atoms with Crippen LogP contribution in [-0.2, 0) is 16.0 Å².